The summed E-state index contributed by atoms with van der Waals surface area (Å²) in [5, 5.41) is 10.7. The highest BCUT2D eigenvalue weighted by Gasteiger charge is 2.37. The first-order valence-corrected chi connectivity index (χ1v) is 7.27. The quantitative estimate of drug-likeness (QED) is 0.843. The van der Waals surface area contributed by atoms with Crippen LogP contribution in [0.2, 0.25) is 0 Å². The van der Waals surface area contributed by atoms with Crippen LogP contribution in [0.15, 0.2) is 18.3 Å². The molecule has 20 heavy (non-hydrogen) atoms. The van der Waals surface area contributed by atoms with E-state index in [1.807, 2.05) is 12.1 Å². The molecule has 1 fully saturated rings. The second-order valence-corrected chi connectivity index (χ2v) is 5.62. The van der Waals surface area contributed by atoms with E-state index < -0.39 is 6.10 Å². The molecule has 0 aliphatic carbocycles. The number of nitrogen functional groups attached to an aromatic ring is 1. The van der Waals surface area contributed by atoms with Crippen molar-refractivity contribution in [2.45, 2.75) is 38.3 Å². The summed E-state index contributed by atoms with van der Waals surface area (Å²) in [6.45, 7) is 7.49. The van der Waals surface area contributed by atoms with Gasteiger partial charge in [0.2, 0.25) is 0 Å². The van der Waals surface area contributed by atoms with Gasteiger partial charge in [-0.05, 0) is 31.0 Å². The predicted octanol–water partition coefficient (Wildman–Crippen LogP) is 1.07. The lowest BCUT2D eigenvalue weighted by atomic mass is 9.85. The topological polar surface area (TPSA) is 71.6 Å². The maximum atomic E-state index is 10.7. The van der Waals surface area contributed by atoms with E-state index in [1.54, 1.807) is 6.20 Å². The Bertz CT molecular complexity index is 435. The molecule has 0 amide bonds. The minimum Gasteiger partial charge on any atom is -0.391 e. The van der Waals surface area contributed by atoms with Crippen molar-refractivity contribution in [2.24, 2.45) is 0 Å². The molecule has 112 valence electrons. The predicted molar refractivity (Wildman–Crippen MR) is 79.4 cm³/mol. The average Bonchev–Trinajstić information content (AvgIpc) is 2.47. The van der Waals surface area contributed by atoms with Gasteiger partial charge in [-0.3, -0.25) is 4.90 Å². The van der Waals surface area contributed by atoms with Gasteiger partial charge < -0.3 is 15.6 Å². The fourth-order valence-electron chi connectivity index (χ4n) is 2.81. The molecule has 0 spiro atoms. The van der Waals surface area contributed by atoms with Gasteiger partial charge in [-0.1, -0.05) is 6.92 Å². The van der Waals surface area contributed by atoms with E-state index in [2.05, 4.69) is 23.7 Å². The third-order valence-corrected chi connectivity index (χ3v) is 4.44. The van der Waals surface area contributed by atoms with E-state index in [1.165, 1.54) is 0 Å². The van der Waals surface area contributed by atoms with Gasteiger partial charge in [0.1, 0.15) is 5.82 Å². The number of hydrogen-bond acceptors (Lipinski definition) is 5. The number of aromatic nitrogens is 1. The van der Waals surface area contributed by atoms with Gasteiger partial charge in [0.25, 0.3) is 0 Å². The van der Waals surface area contributed by atoms with Crippen LogP contribution in [-0.2, 0) is 11.2 Å². The highest BCUT2D eigenvalue weighted by molar-refractivity contribution is 5.32. The number of rotatable bonds is 5. The summed E-state index contributed by atoms with van der Waals surface area (Å²) < 4.78 is 5.41. The van der Waals surface area contributed by atoms with Crippen LogP contribution in [-0.4, -0.2) is 52.9 Å². The monoisotopic (exact) mass is 279 g/mol. The Hall–Kier alpha value is -1.17. The lowest BCUT2D eigenvalue weighted by molar-refractivity contribution is -0.0714. The van der Waals surface area contributed by atoms with Gasteiger partial charge in [0.05, 0.1) is 19.3 Å². The minimum absolute atomic E-state index is 0.234. The Balaban J connectivity index is 2.09. The first-order valence-electron chi connectivity index (χ1n) is 7.27. The van der Waals surface area contributed by atoms with Crippen LogP contribution in [0, 0.1) is 0 Å². The third-order valence-electron chi connectivity index (χ3n) is 4.44. The van der Waals surface area contributed by atoms with Crippen molar-refractivity contribution >= 4 is 5.82 Å². The van der Waals surface area contributed by atoms with E-state index in [0.717, 1.165) is 38.3 Å². The molecule has 5 nitrogen and oxygen atoms in total. The summed E-state index contributed by atoms with van der Waals surface area (Å²) in [6, 6.07) is 3.74. The Morgan fingerprint density at radius 3 is 2.80 bits per heavy atom. The summed E-state index contributed by atoms with van der Waals surface area (Å²) >= 11 is 0. The molecule has 1 aromatic rings. The smallest absolute Gasteiger partial charge is 0.123 e. The van der Waals surface area contributed by atoms with E-state index in [0.29, 0.717) is 12.2 Å². The van der Waals surface area contributed by atoms with E-state index in [4.69, 9.17) is 10.5 Å². The van der Waals surface area contributed by atoms with E-state index in [9.17, 15) is 5.11 Å². The SMILES string of the molecule is CCC(C)(C(O)Cc1ccnc(N)c1)N1CCOCC1. The number of nitrogens with two attached hydrogens (primary N) is 1. The van der Waals surface area contributed by atoms with Crippen molar-refractivity contribution in [3.05, 3.63) is 23.9 Å². The normalized spacial score (nSPS) is 21.4. The fraction of sp³-hybridized carbons (Fsp3) is 0.667. The van der Waals surface area contributed by atoms with Crippen molar-refractivity contribution in [1.82, 2.24) is 9.88 Å². The minimum atomic E-state index is -0.438. The molecule has 2 heterocycles. The molecule has 2 rings (SSSR count). The molecular weight excluding hydrogens is 254 g/mol. The second-order valence-electron chi connectivity index (χ2n) is 5.62. The van der Waals surface area contributed by atoms with Crippen LogP contribution in [0.3, 0.4) is 0 Å². The molecule has 0 saturated carbocycles. The lowest BCUT2D eigenvalue weighted by Gasteiger charge is -2.46. The van der Waals surface area contributed by atoms with Crippen molar-refractivity contribution < 1.29 is 9.84 Å². The molecule has 1 aliphatic rings. The van der Waals surface area contributed by atoms with Crippen LogP contribution in [0.5, 0.6) is 0 Å². The molecule has 2 unspecified atom stereocenters. The standard InChI is InChI=1S/C15H25N3O2/c1-3-15(2,18-6-8-20-9-7-18)13(19)10-12-4-5-17-14(16)11-12/h4-5,11,13,19H,3,6-10H2,1-2H3,(H2,16,17). The van der Waals surface area contributed by atoms with Gasteiger partial charge in [-0.25, -0.2) is 4.98 Å². The highest BCUT2D eigenvalue weighted by atomic mass is 16.5. The zero-order valence-corrected chi connectivity index (χ0v) is 12.4. The van der Waals surface area contributed by atoms with Crippen molar-refractivity contribution in [1.29, 1.82) is 0 Å². The van der Waals surface area contributed by atoms with Gasteiger partial charge in [0.15, 0.2) is 0 Å². The molecule has 2 atom stereocenters. The molecule has 5 heteroatoms. The molecule has 0 bridgehead atoms. The number of aliphatic hydroxyl groups excluding tert-OH is 1. The zero-order valence-electron chi connectivity index (χ0n) is 12.4. The summed E-state index contributed by atoms with van der Waals surface area (Å²) in [5.41, 5.74) is 6.49. The molecular formula is C15H25N3O2. The van der Waals surface area contributed by atoms with Gasteiger partial charge in [-0.2, -0.15) is 0 Å². The third kappa shape index (κ3) is 3.29. The Morgan fingerprint density at radius 2 is 2.20 bits per heavy atom. The highest BCUT2D eigenvalue weighted by Crippen LogP contribution is 2.27. The van der Waals surface area contributed by atoms with Crippen molar-refractivity contribution in [3.63, 3.8) is 0 Å². The van der Waals surface area contributed by atoms with Gasteiger partial charge >= 0.3 is 0 Å². The fourth-order valence-corrected chi connectivity index (χ4v) is 2.81. The molecule has 0 aromatic carbocycles. The largest absolute Gasteiger partial charge is 0.391 e. The Morgan fingerprint density at radius 1 is 1.50 bits per heavy atom. The van der Waals surface area contributed by atoms with Crippen LogP contribution in [0.25, 0.3) is 0 Å². The van der Waals surface area contributed by atoms with Gasteiger partial charge in [0, 0.05) is 31.2 Å². The van der Waals surface area contributed by atoms with E-state index in [-0.39, 0.29) is 5.54 Å². The summed E-state index contributed by atoms with van der Waals surface area (Å²) in [4.78, 5) is 6.33. The molecule has 3 N–H and O–H groups in total. The number of ether oxygens (including phenoxy) is 1. The Kier molecular flexibility index (Phi) is 4.96. The first-order chi connectivity index (χ1) is 9.56. The lowest BCUT2D eigenvalue weighted by Crippen LogP contribution is -2.58. The second kappa shape index (κ2) is 6.52. The van der Waals surface area contributed by atoms with Crippen molar-refractivity contribution in [2.75, 3.05) is 32.0 Å². The molecule has 1 aromatic heterocycles. The first kappa shape index (κ1) is 15.2. The van der Waals surface area contributed by atoms with Crippen LogP contribution < -0.4 is 5.73 Å². The maximum Gasteiger partial charge on any atom is 0.123 e. The number of pyridine rings is 1. The van der Waals surface area contributed by atoms with Crippen LogP contribution in [0.4, 0.5) is 5.82 Å². The summed E-state index contributed by atoms with van der Waals surface area (Å²) in [6.07, 6.45) is 2.74. The number of morpholine rings is 1. The molecule has 1 aliphatic heterocycles. The average molecular weight is 279 g/mol. The van der Waals surface area contributed by atoms with Crippen molar-refractivity contribution in [3.8, 4) is 0 Å². The Labute approximate surface area is 120 Å². The summed E-state index contributed by atoms with van der Waals surface area (Å²) in [7, 11) is 0. The number of nitrogens with zero attached hydrogens (tertiary/aromatic N) is 2. The van der Waals surface area contributed by atoms with E-state index >= 15 is 0 Å². The van der Waals surface area contributed by atoms with Crippen LogP contribution in [0.1, 0.15) is 25.8 Å². The van der Waals surface area contributed by atoms with Gasteiger partial charge in [-0.15, -0.1) is 0 Å². The summed E-state index contributed by atoms with van der Waals surface area (Å²) in [5.74, 6) is 0.499. The number of hydrogen-bond donors (Lipinski definition) is 2. The maximum absolute atomic E-state index is 10.7. The zero-order chi connectivity index (χ0) is 14.6. The molecule has 1 saturated heterocycles. The number of anilines is 1. The number of aliphatic hydroxyl groups is 1. The van der Waals surface area contributed by atoms with Crippen LogP contribution >= 0.6 is 0 Å². The molecule has 0 radical (unpaired) electrons.